The minimum absolute atomic E-state index is 0.564. The third-order valence-corrected chi connectivity index (χ3v) is 6.14. The van der Waals surface area contributed by atoms with Crippen LogP contribution in [0.4, 0.5) is 17.1 Å². The molecule has 2 rings (SSSR count). The largest absolute Gasteiger partial charge is 0.492 e. The van der Waals surface area contributed by atoms with E-state index in [9.17, 15) is 0 Å². The second-order valence-corrected chi connectivity index (χ2v) is 9.26. The smallest absolute Gasteiger partial charge is 0.138 e. The molecule has 2 aromatic carbocycles. The molecule has 2 N–H and O–H groups in total. The van der Waals surface area contributed by atoms with Crippen molar-refractivity contribution in [3.63, 3.8) is 0 Å². The summed E-state index contributed by atoms with van der Waals surface area (Å²) in [5.41, 5.74) is 7.83. The quantitative estimate of drug-likeness (QED) is 0.133. The molecule has 0 aliphatic heterocycles. The van der Waals surface area contributed by atoms with Crippen LogP contribution in [0.5, 0.6) is 5.75 Å². The van der Waals surface area contributed by atoms with Gasteiger partial charge in [0.05, 0.1) is 23.0 Å². The van der Waals surface area contributed by atoms with Crippen molar-refractivity contribution < 1.29 is 4.74 Å². The van der Waals surface area contributed by atoms with Gasteiger partial charge in [-0.25, -0.2) is 0 Å². The SMILES string of the molecule is CCCCCCCCCCCCCCCCOc1ccc(/N=N/c2ccc(N)cc2)cc1Cl. The summed E-state index contributed by atoms with van der Waals surface area (Å²) in [6, 6.07) is 12.8. The highest BCUT2D eigenvalue weighted by Crippen LogP contribution is 2.30. The Balaban J connectivity index is 1.49. The van der Waals surface area contributed by atoms with Gasteiger partial charge in [0.15, 0.2) is 0 Å². The molecule has 182 valence electrons. The van der Waals surface area contributed by atoms with Crippen LogP contribution in [0.2, 0.25) is 5.02 Å². The molecule has 0 fully saturated rings. The minimum Gasteiger partial charge on any atom is -0.492 e. The van der Waals surface area contributed by atoms with Crippen LogP contribution in [-0.4, -0.2) is 6.61 Å². The van der Waals surface area contributed by atoms with Crippen LogP contribution in [0.1, 0.15) is 96.8 Å². The molecule has 4 nitrogen and oxygen atoms in total. The van der Waals surface area contributed by atoms with Gasteiger partial charge in [-0.1, -0.05) is 102 Å². The number of nitrogens with two attached hydrogens (primary N) is 1. The molecule has 0 aromatic heterocycles. The number of azo groups is 1. The number of hydrogen-bond acceptors (Lipinski definition) is 4. The molecule has 0 saturated carbocycles. The van der Waals surface area contributed by atoms with Crippen molar-refractivity contribution in [3.05, 3.63) is 47.5 Å². The van der Waals surface area contributed by atoms with Crippen molar-refractivity contribution in [3.8, 4) is 5.75 Å². The highest BCUT2D eigenvalue weighted by Gasteiger charge is 2.03. The zero-order chi connectivity index (χ0) is 23.6. The maximum atomic E-state index is 6.35. The van der Waals surface area contributed by atoms with E-state index in [4.69, 9.17) is 22.1 Å². The Labute approximate surface area is 206 Å². The number of ether oxygens (including phenoxy) is 1. The van der Waals surface area contributed by atoms with Gasteiger partial charge in [-0.3, -0.25) is 0 Å². The van der Waals surface area contributed by atoms with Crippen molar-refractivity contribution in [2.45, 2.75) is 96.8 Å². The fourth-order valence-corrected chi connectivity index (χ4v) is 4.03. The van der Waals surface area contributed by atoms with Crippen LogP contribution in [-0.2, 0) is 0 Å². The summed E-state index contributed by atoms with van der Waals surface area (Å²) in [5, 5.41) is 9.00. The van der Waals surface area contributed by atoms with E-state index < -0.39 is 0 Å². The predicted molar refractivity (Wildman–Crippen MR) is 142 cm³/mol. The molecule has 0 heterocycles. The molecule has 2 aromatic rings. The zero-order valence-corrected chi connectivity index (χ0v) is 21.2. The van der Waals surface area contributed by atoms with Gasteiger partial charge in [0, 0.05) is 5.69 Å². The molecule has 0 aliphatic rings. The summed E-state index contributed by atoms with van der Waals surface area (Å²) in [4.78, 5) is 0. The Bertz CT molecular complexity index is 792. The number of nitrogen functional groups attached to an aromatic ring is 1. The van der Waals surface area contributed by atoms with Gasteiger partial charge in [-0.2, -0.15) is 10.2 Å². The average Bonchev–Trinajstić information content (AvgIpc) is 2.82. The first-order chi connectivity index (χ1) is 16.2. The molecular weight excluding hydrogens is 430 g/mol. The van der Waals surface area contributed by atoms with Gasteiger partial charge >= 0.3 is 0 Å². The highest BCUT2D eigenvalue weighted by molar-refractivity contribution is 6.32. The fourth-order valence-electron chi connectivity index (χ4n) is 3.80. The molecular formula is C28H42ClN3O. The Kier molecular flexibility index (Phi) is 14.3. The lowest BCUT2D eigenvalue weighted by molar-refractivity contribution is 0.304. The second kappa shape index (κ2) is 17.4. The summed E-state index contributed by atoms with van der Waals surface area (Å²) in [6.07, 6.45) is 19.0. The summed E-state index contributed by atoms with van der Waals surface area (Å²) in [7, 11) is 0. The maximum absolute atomic E-state index is 6.35. The number of benzene rings is 2. The van der Waals surface area contributed by atoms with Gasteiger partial charge in [-0.15, -0.1) is 0 Å². The first-order valence-corrected chi connectivity index (χ1v) is 13.3. The Hall–Kier alpha value is -2.07. The van der Waals surface area contributed by atoms with Gasteiger partial charge in [0.25, 0.3) is 0 Å². The van der Waals surface area contributed by atoms with E-state index in [1.165, 1.54) is 83.5 Å². The van der Waals surface area contributed by atoms with E-state index >= 15 is 0 Å². The van der Waals surface area contributed by atoms with Gasteiger partial charge in [0.2, 0.25) is 0 Å². The van der Waals surface area contributed by atoms with Crippen LogP contribution < -0.4 is 10.5 Å². The van der Waals surface area contributed by atoms with Gasteiger partial charge < -0.3 is 10.5 Å². The molecule has 0 atom stereocenters. The lowest BCUT2D eigenvalue weighted by Gasteiger charge is -2.08. The number of rotatable bonds is 18. The van der Waals surface area contributed by atoms with Crippen LogP contribution in [0.15, 0.2) is 52.7 Å². The summed E-state index contributed by atoms with van der Waals surface area (Å²) in [6.45, 7) is 2.98. The third-order valence-electron chi connectivity index (χ3n) is 5.84. The van der Waals surface area contributed by atoms with Crippen LogP contribution in [0.3, 0.4) is 0 Å². The topological polar surface area (TPSA) is 60.0 Å². The maximum Gasteiger partial charge on any atom is 0.138 e. The lowest BCUT2D eigenvalue weighted by atomic mass is 10.0. The number of unbranched alkanes of at least 4 members (excludes halogenated alkanes) is 13. The molecule has 0 saturated heterocycles. The summed E-state index contributed by atoms with van der Waals surface area (Å²) >= 11 is 6.35. The van der Waals surface area contributed by atoms with E-state index in [0.29, 0.717) is 28.8 Å². The molecule has 0 unspecified atom stereocenters. The van der Waals surface area contributed by atoms with Gasteiger partial charge in [0.1, 0.15) is 5.75 Å². The molecule has 0 spiro atoms. The van der Waals surface area contributed by atoms with Crippen molar-refractivity contribution in [1.82, 2.24) is 0 Å². The first kappa shape index (κ1) is 27.2. The Morgan fingerprint density at radius 2 is 1.15 bits per heavy atom. The van der Waals surface area contributed by atoms with E-state index in [1.54, 1.807) is 18.2 Å². The molecule has 0 aliphatic carbocycles. The summed E-state index contributed by atoms with van der Waals surface area (Å²) < 4.78 is 5.86. The van der Waals surface area contributed by atoms with Crippen LogP contribution >= 0.6 is 11.6 Å². The number of halogens is 1. The van der Waals surface area contributed by atoms with Crippen molar-refractivity contribution in [2.24, 2.45) is 10.2 Å². The van der Waals surface area contributed by atoms with Crippen LogP contribution in [0.25, 0.3) is 0 Å². The minimum atomic E-state index is 0.564. The standard InChI is InChI=1S/C28H42ClN3O/c1-2-3-4-5-6-7-8-9-10-11-12-13-14-15-22-33-28-21-20-26(23-27(28)29)32-31-25-18-16-24(30)17-19-25/h16-21,23H,2-15,22,30H2,1H3/b32-31+. The second-order valence-electron chi connectivity index (χ2n) is 8.85. The Morgan fingerprint density at radius 1 is 0.667 bits per heavy atom. The predicted octanol–water partition coefficient (Wildman–Crippen LogP) is 10.2. The monoisotopic (exact) mass is 471 g/mol. The van der Waals surface area contributed by atoms with Crippen LogP contribution in [0, 0.1) is 0 Å². The normalized spacial score (nSPS) is 11.3. The van der Waals surface area contributed by atoms with E-state index in [2.05, 4.69) is 17.2 Å². The van der Waals surface area contributed by atoms with Gasteiger partial charge in [-0.05, 0) is 48.9 Å². The fraction of sp³-hybridized carbons (Fsp3) is 0.571. The molecule has 0 bridgehead atoms. The molecule has 0 radical (unpaired) electrons. The first-order valence-electron chi connectivity index (χ1n) is 12.9. The van der Waals surface area contributed by atoms with E-state index in [-0.39, 0.29) is 0 Å². The Morgan fingerprint density at radius 3 is 1.70 bits per heavy atom. The number of nitrogens with zero attached hydrogens (tertiary/aromatic N) is 2. The lowest BCUT2D eigenvalue weighted by Crippen LogP contribution is -1.97. The number of anilines is 1. The molecule has 33 heavy (non-hydrogen) atoms. The third kappa shape index (κ3) is 12.7. The summed E-state index contributed by atoms with van der Waals surface area (Å²) in [5.74, 6) is 0.706. The average molecular weight is 472 g/mol. The molecule has 5 heteroatoms. The highest BCUT2D eigenvalue weighted by atomic mass is 35.5. The van der Waals surface area contributed by atoms with Crippen molar-refractivity contribution in [2.75, 3.05) is 12.3 Å². The van der Waals surface area contributed by atoms with Crippen molar-refractivity contribution >= 4 is 28.7 Å². The van der Waals surface area contributed by atoms with Crippen molar-refractivity contribution in [1.29, 1.82) is 0 Å². The number of hydrogen-bond donors (Lipinski definition) is 1. The van der Waals surface area contributed by atoms with E-state index in [1.807, 2.05) is 24.3 Å². The zero-order valence-electron chi connectivity index (χ0n) is 20.4. The molecule has 0 amide bonds. The van der Waals surface area contributed by atoms with E-state index in [0.717, 1.165) is 12.1 Å².